The van der Waals surface area contributed by atoms with Crippen molar-refractivity contribution in [2.45, 2.75) is 31.5 Å². The van der Waals surface area contributed by atoms with E-state index < -0.39 is 0 Å². The zero-order valence-electron chi connectivity index (χ0n) is 16.4. The maximum Gasteiger partial charge on any atom is 0.317 e. The Kier molecular flexibility index (Phi) is 5.24. The Morgan fingerprint density at radius 1 is 1.18 bits per heavy atom. The van der Waals surface area contributed by atoms with Crippen LogP contribution in [0.1, 0.15) is 24.2 Å². The van der Waals surface area contributed by atoms with Crippen molar-refractivity contribution in [3.8, 4) is 0 Å². The van der Waals surface area contributed by atoms with Gasteiger partial charge in [0, 0.05) is 49.4 Å². The summed E-state index contributed by atoms with van der Waals surface area (Å²) in [6.45, 7) is 8.59. The molecule has 3 saturated heterocycles. The van der Waals surface area contributed by atoms with Gasteiger partial charge in [-0.05, 0) is 38.1 Å². The number of rotatable bonds is 2. The molecule has 0 radical (unpaired) electrons. The molecular weight excluding hydrogens is 380 g/mol. The fraction of sp³-hybridized carbons (Fsp3) is 0.600. The molecule has 1 unspecified atom stereocenters. The average Bonchev–Trinajstić information content (AvgIpc) is 2.64. The third kappa shape index (κ3) is 3.58. The normalized spacial score (nSPS) is 24.1. The van der Waals surface area contributed by atoms with E-state index in [1.165, 1.54) is 0 Å². The SMILES string of the molecule is CC(C)NC(=O)N1CC2(C1)CN(C(=O)c1ccc(Cl)cc1)CC1COCCN12. The van der Waals surface area contributed by atoms with Crippen molar-refractivity contribution in [1.82, 2.24) is 20.0 Å². The Morgan fingerprint density at radius 2 is 1.86 bits per heavy atom. The predicted molar refractivity (Wildman–Crippen MR) is 107 cm³/mol. The molecule has 0 saturated carbocycles. The van der Waals surface area contributed by atoms with Crippen LogP contribution in [0.4, 0.5) is 4.79 Å². The Bertz CT molecular complexity index is 748. The summed E-state index contributed by atoms with van der Waals surface area (Å²) >= 11 is 5.96. The summed E-state index contributed by atoms with van der Waals surface area (Å²) in [4.78, 5) is 31.7. The van der Waals surface area contributed by atoms with Gasteiger partial charge in [-0.1, -0.05) is 11.6 Å². The number of nitrogens with zero attached hydrogens (tertiary/aromatic N) is 3. The van der Waals surface area contributed by atoms with Gasteiger partial charge in [0.2, 0.25) is 0 Å². The molecule has 1 aromatic rings. The molecule has 0 aromatic heterocycles. The fourth-order valence-corrected chi connectivity index (χ4v) is 4.68. The highest BCUT2D eigenvalue weighted by molar-refractivity contribution is 6.30. The molecule has 0 aliphatic carbocycles. The molecule has 1 N–H and O–H groups in total. The molecule has 3 aliphatic heterocycles. The second-order valence-electron chi connectivity index (χ2n) is 8.30. The number of ether oxygens (including phenoxy) is 1. The van der Waals surface area contributed by atoms with Crippen LogP contribution >= 0.6 is 11.6 Å². The van der Waals surface area contributed by atoms with E-state index in [9.17, 15) is 9.59 Å². The Balaban J connectivity index is 1.51. The highest BCUT2D eigenvalue weighted by atomic mass is 35.5. The van der Waals surface area contributed by atoms with Gasteiger partial charge in [0.1, 0.15) is 0 Å². The first-order valence-electron chi connectivity index (χ1n) is 9.83. The molecule has 1 aromatic carbocycles. The Hall–Kier alpha value is -1.83. The largest absolute Gasteiger partial charge is 0.378 e. The lowest BCUT2D eigenvalue weighted by Crippen LogP contribution is -2.82. The summed E-state index contributed by atoms with van der Waals surface area (Å²) in [7, 11) is 0. The van der Waals surface area contributed by atoms with Crippen LogP contribution in [0.25, 0.3) is 0 Å². The van der Waals surface area contributed by atoms with Crippen LogP contribution in [0, 0.1) is 0 Å². The summed E-state index contributed by atoms with van der Waals surface area (Å²) in [6, 6.07) is 7.25. The molecular formula is C20H27ClN4O3. The quantitative estimate of drug-likeness (QED) is 0.811. The third-order valence-electron chi connectivity index (χ3n) is 5.80. The number of hydrogen-bond donors (Lipinski definition) is 1. The van der Waals surface area contributed by atoms with Crippen LogP contribution < -0.4 is 5.32 Å². The van der Waals surface area contributed by atoms with Gasteiger partial charge in [0.15, 0.2) is 0 Å². The number of halogens is 1. The lowest BCUT2D eigenvalue weighted by atomic mass is 9.82. The van der Waals surface area contributed by atoms with Gasteiger partial charge >= 0.3 is 6.03 Å². The molecule has 3 amide bonds. The summed E-state index contributed by atoms with van der Waals surface area (Å²) in [5.74, 6) is 0.00588. The topological polar surface area (TPSA) is 65.1 Å². The van der Waals surface area contributed by atoms with E-state index in [0.717, 1.165) is 6.54 Å². The van der Waals surface area contributed by atoms with Gasteiger partial charge in [-0.3, -0.25) is 9.69 Å². The highest BCUT2D eigenvalue weighted by Crippen LogP contribution is 2.36. The van der Waals surface area contributed by atoms with Crippen molar-refractivity contribution < 1.29 is 14.3 Å². The fourth-order valence-electron chi connectivity index (χ4n) is 4.55. The first kappa shape index (κ1) is 19.5. The van der Waals surface area contributed by atoms with Crippen molar-refractivity contribution in [3.63, 3.8) is 0 Å². The van der Waals surface area contributed by atoms with Crippen molar-refractivity contribution in [2.24, 2.45) is 0 Å². The van der Waals surface area contributed by atoms with Crippen molar-refractivity contribution in [1.29, 1.82) is 0 Å². The molecule has 152 valence electrons. The number of fused-ring (bicyclic) bond motifs is 2. The summed E-state index contributed by atoms with van der Waals surface area (Å²) in [6.07, 6.45) is 0. The van der Waals surface area contributed by atoms with Gasteiger partial charge in [0.05, 0.1) is 24.8 Å². The van der Waals surface area contributed by atoms with E-state index in [1.54, 1.807) is 24.3 Å². The van der Waals surface area contributed by atoms with Crippen LogP contribution in [0.5, 0.6) is 0 Å². The highest BCUT2D eigenvalue weighted by Gasteiger charge is 2.56. The van der Waals surface area contributed by atoms with Crippen molar-refractivity contribution >= 4 is 23.5 Å². The number of urea groups is 1. The van der Waals surface area contributed by atoms with Crippen LogP contribution in [-0.4, -0.2) is 90.2 Å². The van der Waals surface area contributed by atoms with Crippen molar-refractivity contribution in [3.05, 3.63) is 34.9 Å². The van der Waals surface area contributed by atoms with Crippen LogP contribution in [0.3, 0.4) is 0 Å². The molecule has 3 fully saturated rings. The molecule has 28 heavy (non-hydrogen) atoms. The smallest absolute Gasteiger partial charge is 0.317 e. The lowest BCUT2D eigenvalue weighted by Gasteiger charge is -2.63. The minimum Gasteiger partial charge on any atom is -0.378 e. The molecule has 0 bridgehead atoms. The zero-order valence-corrected chi connectivity index (χ0v) is 17.1. The Labute approximate surface area is 170 Å². The molecule has 3 heterocycles. The maximum absolute atomic E-state index is 13.1. The Morgan fingerprint density at radius 3 is 2.54 bits per heavy atom. The summed E-state index contributed by atoms with van der Waals surface area (Å²) in [5.41, 5.74) is 0.446. The second kappa shape index (κ2) is 7.54. The molecule has 8 heteroatoms. The second-order valence-corrected chi connectivity index (χ2v) is 8.74. The molecule has 4 rings (SSSR count). The molecule has 7 nitrogen and oxygen atoms in total. The standard InChI is InChI=1S/C20H27ClN4O3/c1-14(2)22-19(27)24-12-20(13-24)11-23(9-17-10-28-8-7-25(17)20)18(26)15-3-5-16(21)6-4-15/h3-6,14,17H,7-13H2,1-2H3,(H,22,27). The van der Waals surface area contributed by atoms with Crippen LogP contribution in [0.2, 0.25) is 5.02 Å². The van der Waals surface area contributed by atoms with Gasteiger partial charge < -0.3 is 19.9 Å². The minimum absolute atomic E-state index is 0.00588. The van der Waals surface area contributed by atoms with Gasteiger partial charge in [-0.15, -0.1) is 0 Å². The third-order valence-corrected chi connectivity index (χ3v) is 6.05. The first-order valence-corrected chi connectivity index (χ1v) is 10.2. The van der Waals surface area contributed by atoms with E-state index in [1.807, 2.05) is 23.6 Å². The monoisotopic (exact) mass is 406 g/mol. The maximum atomic E-state index is 13.1. The average molecular weight is 407 g/mol. The van der Waals surface area contributed by atoms with E-state index in [4.69, 9.17) is 16.3 Å². The number of hydrogen-bond acceptors (Lipinski definition) is 4. The van der Waals surface area contributed by atoms with Gasteiger partial charge in [-0.2, -0.15) is 0 Å². The van der Waals surface area contributed by atoms with Crippen LogP contribution in [0.15, 0.2) is 24.3 Å². The molecule has 3 aliphatic rings. The van der Waals surface area contributed by atoms with Crippen molar-refractivity contribution in [2.75, 3.05) is 45.9 Å². The van der Waals surface area contributed by atoms with E-state index >= 15 is 0 Å². The number of amides is 3. The number of benzene rings is 1. The minimum atomic E-state index is -0.191. The number of piperazine rings is 1. The molecule has 1 atom stereocenters. The summed E-state index contributed by atoms with van der Waals surface area (Å²) in [5, 5.41) is 3.57. The number of morpholine rings is 1. The number of nitrogens with one attached hydrogen (secondary N) is 1. The number of likely N-dealkylation sites (tertiary alicyclic amines) is 1. The number of carbonyl (C=O) groups is 2. The summed E-state index contributed by atoms with van der Waals surface area (Å²) < 4.78 is 5.69. The van der Waals surface area contributed by atoms with E-state index in [0.29, 0.717) is 50.0 Å². The van der Waals surface area contributed by atoms with Gasteiger partial charge in [-0.25, -0.2) is 4.79 Å². The predicted octanol–water partition coefficient (Wildman–Crippen LogP) is 1.67. The first-order chi connectivity index (χ1) is 13.4. The molecule has 1 spiro atoms. The van der Waals surface area contributed by atoms with Crippen LogP contribution in [-0.2, 0) is 4.74 Å². The van der Waals surface area contributed by atoms with E-state index in [-0.39, 0.29) is 29.6 Å². The van der Waals surface area contributed by atoms with E-state index in [2.05, 4.69) is 10.2 Å². The van der Waals surface area contributed by atoms with Gasteiger partial charge in [0.25, 0.3) is 5.91 Å². The lowest BCUT2D eigenvalue weighted by molar-refractivity contribution is -0.147. The zero-order chi connectivity index (χ0) is 19.9. The number of carbonyl (C=O) groups excluding carboxylic acids is 2.